The normalized spacial score (nSPS) is 26.0. The number of carbonyl (C=O) groups is 2. The Morgan fingerprint density at radius 3 is 2.81 bits per heavy atom. The third-order valence-electron chi connectivity index (χ3n) is 4.42. The van der Waals surface area contributed by atoms with Gasteiger partial charge in [-0.25, -0.2) is 4.39 Å². The molecule has 0 radical (unpaired) electrons. The molecule has 2 unspecified atom stereocenters. The van der Waals surface area contributed by atoms with Gasteiger partial charge in [-0.3, -0.25) is 9.59 Å². The lowest BCUT2D eigenvalue weighted by molar-refractivity contribution is -0.163. The van der Waals surface area contributed by atoms with E-state index in [-0.39, 0.29) is 30.2 Å². The first-order valence-electron chi connectivity index (χ1n) is 7.43. The van der Waals surface area contributed by atoms with Crippen LogP contribution in [0.25, 0.3) is 0 Å². The maximum atomic E-state index is 13.3. The molecule has 2 aliphatic heterocycles. The van der Waals surface area contributed by atoms with Crippen molar-refractivity contribution >= 4 is 11.8 Å². The van der Waals surface area contributed by atoms with E-state index < -0.39 is 6.04 Å². The van der Waals surface area contributed by atoms with Crippen LogP contribution in [-0.4, -0.2) is 40.2 Å². The molecule has 0 bridgehead atoms. The van der Waals surface area contributed by atoms with E-state index in [0.29, 0.717) is 12.1 Å². The van der Waals surface area contributed by atoms with Gasteiger partial charge >= 0.3 is 0 Å². The van der Waals surface area contributed by atoms with Crippen molar-refractivity contribution in [2.24, 2.45) is 0 Å². The molecule has 4 nitrogen and oxygen atoms in total. The number of fused-ring (bicyclic) bond motifs is 1. The SMILES string of the molecule is CC1C(=O)N2CCCCC2C(=O)N1Cc1cccc(F)c1. The van der Waals surface area contributed by atoms with Crippen LogP contribution in [0.15, 0.2) is 24.3 Å². The Balaban J connectivity index is 1.84. The van der Waals surface area contributed by atoms with Crippen LogP contribution in [-0.2, 0) is 16.1 Å². The van der Waals surface area contributed by atoms with Gasteiger partial charge in [0.2, 0.25) is 11.8 Å². The number of rotatable bonds is 2. The summed E-state index contributed by atoms with van der Waals surface area (Å²) in [5.74, 6) is -0.322. The van der Waals surface area contributed by atoms with Gasteiger partial charge < -0.3 is 9.80 Å². The van der Waals surface area contributed by atoms with Crippen molar-refractivity contribution in [3.8, 4) is 0 Å². The summed E-state index contributed by atoms with van der Waals surface area (Å²) >= 11 is 0. The van der Waals surface area contributed by atoms with Crippen LogP contribution in [0, 0.1) is 5.82 Å². The Morgan fingerprint density at radius 1 is 1.24 bits per heavy atom. The lowest BCUT2D eigenvalue weighted by atomic mass is 9.95. The number of halogens is 1. The standard InChI is InChI=1S/C16H19FN2O2/c1-11-15(20)18-8-3-2-7-14(18)16(21)19(11)10-12-5-4-6-13(17)9-12/h4-6,9,11,14H,2-3,7-8,10H2,1H3. The lowest BCUT2D eigenvalue weighted by Gasteiger charge is -2.46. The molecule has 2 heterocycles. The maximum absolute atomic E-state index is 13.3. The van der Waals surface area contributed by atoms with E-state index in [0.717, 1.165) is 19.3 Å². The Bertz CT molecular complexity index is 575. The molecule has 0 spiro atoms. The fourth-order valence-electron chi connectivity index (χ4n) is 3.25. The number of nitrogens with zero attached hydrogens (tertiary/aromatic N) is 2. The molecule has 5 heteroatoms. The van der Waals surface area contributed by atoms with Gasteiger partial charge in [0, 0.05) is 13.1 Å². The highest BCUT2D eigenvalue weighted by Gasteiger charge is 2.44. The van der Waals surface area contributed by atoms with Crippen LogP contribution in [0.5, 0.6) is 0 Å². The fourth-order valence-corrected chi connectivity index (χ4v) is 3.25. The van der Waals surface area contributed by atoms with Gasteiger partial charge in [0.15, 0.2) is 0 Å². The minimum Gasteiger partial charge on any atom is -0.329 e. The van der Waals surface area contributed by atoms with Crippen LogP contribution in [0.4, 0.5) is 4.39 Å². The summed E-state index contributed by atoms with van der Waals surface area (Å²) in [4.78, 5) is 28.4. The van der Waals surface area contributed by atoms with Crippen molar-refractivity contribution in [3.05, 3.63) is 35.6 Å². The lowest BCUT2D eigenvalue weighted by Crippen LogP contribution is -2.64. The first-order valence-corrected chi connectivity index (χ1v) is 7.43. The van der Waals surface area contributed by atoms with Gasteiger partial charge in [-0.2, -0.15) is 0 Å². The zero-order valence-corrected chi connectivity index (χ0v) is 12.1. The number of piperidine rings is 1. The summed E-state index contributed by atoms with van der Waals surface area (Å²) in [6.07, 6.45) is 2.67. The van der Waals surface area contributed by atoms with Crippen molar-refractivity contribution in [1.82, 2.24) is 9.80 Å². The minimum absolute atomic E-state index is 0.00828. The molecule has 0 N–H and O–H groups in total. The molecule has 2 fully saturated rings. The van der Waals surface area contributed by atoms with Crippen LogP contribution < -0.4 is 0 Å². The van der Waals surface area contributed by atoms with E-state index in [1.807, 2.05) is 0 Å². The molecule has 1 aromatic rings. The van der Waals surface area contributed by atoms with Crippen molar-refractivity contribution in [3.63, 3.8) is 0 Å². The first kappa shape index (κ1) is 14.0. The summed E-state index contributed by atoms with van der Waals surface area (Å²) in [5, 5.41) is 0. The maximum Gasteiger partial charge on any atom is 0.246 e. The number of benzene rings is 1. The molecule has 3 rings (SSSR count). The third-order valence-corrected chi connectivity index (χ3v) is 4.42. The molecular weight excluding hydrogens is 271 g/mol. The quantitative estimate of drug-likeness (QED) is 0.835. The molecule has 0 aromatic heterocycles. The second-order valence-corrected chi connectivity index (χ2v) is 5.82. The van der Waals surface area contributed by atoms with E-state index in [1.54, 1.807) is 28.9 Å². The number of hydrogen-bond donors (Lipinski definition) is 0. The monoisotopic (exact) mass is 290 g/mol. The first-order chi connectivity index (χ1) is 10.1. The third kappa shape index (κ3) is 2.52. The second kappa shape index (κ2) is 5.47. The van der Waals surface area contributed by atoms with Gasteiger partial charge in [0.25, 0.3) is 0 Å². The van der Waals surface area contributed by atoms with E-state index >= 15 is 0 Å². The smallest absolute Gasteiger partial charge is 0.246 e. The van der Waals surface area contributed by atoms with Crippen molar-refractivity contribution in [2.75, 3.05) is 6.54 Å². The van der Waals surface area contributed by atoms with Crippen molar-refractivity contribution in [1.29, 1.82) is 0 Å². The number of hydrogen-bond acceptors (Lipinski definition) is 2. The van der Waals surface area contributed by atoms with Gasteiger partial charge in [0.1, 0.15) is 17.9 Å². The average molecular weight is 290 g/mol. The molecule has 0 aliphatic carbocycles. The molecule has 2 saturated heterocycles. The number of carbonyl (C=O) groups excluding carboxylic acids is 2. The molecule has 21 heavy (non-hydrogen) atoms. The highest BCUT2D eigenvalue weighted by Crippen LogP contribution is 2.27. The molecule has 1 aromatic carbocycles. The highest BCUT2D eigenvalue weighted by molar-refractivity contribution is 5.96. The van der Waals surface area contributed by atoms with Gasteiger partial charge in [-0.05, 0) is 43.9 Å². The number of amides is 2. The summed E-state index contributed by atoms with van der Waals surface area (Å²) in [5.41, 5.74) is 0.715. The molecule has 2 aliphatic rings. The summed E-state index contributed by atoms with van der Waals surface area (Å²) in [6.45, 7) is 2.71. The minimum atomic E-state index is -0.477. The largest absolute Gasteiger partial charge is 0.329 e. The zero-order chi connectivity index (χ0) is 15.0. The van der Waals surface area contributed by atoms with Gasteiger partial charge in [-0.1, -0.05) is 12.1 Å². The summed E-state index contributed by atoms with van der Waals surface area (Å²) in [6, 6.07) is 5.39. The Labute approximate surface area is 123 Å². The number of piperazine rings is 1. The summed E-state index contributed by atoms with van der Waals surface area (Å²) in [7, 11) is 0. The molecule has 2 amide bonds. The van der Waals surface area contributed by atoms with Crippen LogP contribution in [0.2, 0.25) is 0 Å². The zero-order valence-electron chi connectivity index (χ0n) is 12.1. The fraction of sp³-hybridized carbons (Fsp3) is 0.500. The van der Waals surface area contributed by atoms with Crippen molar-refractivity contribution in [2.45, 2.75) is 44.8 Å². The topological polar surface area (TPSA) is 40.6 Å². The predicted octanol–water partition coefficient (Wildman–Crippen LogP) is 1.94. The van der Waals surface area contributed by atoms with Gasteiger partial charge in [0.05, 0.1) is 0 Å². The Morgan fingerprint density at radius 2 is 2.05 bits per heavy atom. The van der Waals surface area contributed by atoms with E-state index in [4.69, 9.17) is 0 Å². The van der Waals surface area contributed by atoms with E-state index in [1.165, 1.54) is 12.1 Å². The Kier molecular flexibility index (Phi) is 3.66. The second-order valence-electron chi connectivity index (χ2n) is 5.82. The highest BCUT2D eigenvalue weighted by atomic mass is 19.1. The molecule has 2 atom stereocenters. The molecular formula is C16H19FN2O2. The van der Waals surface area contributed by atoms with Crippen LogP contribution in [0.1, 0.15) is 31.7 Å². The average Bonchev–Trinajstić information content (AvgIpc) is 2.49. The predicted molar refractivity (Wildman–Crippen MR) is 75.8 cm³/mol. The Hall–Kier alpha value is -1.91. The van der Waals surface area contributed by atoms with Crippen LogP contribution in [0.3, 0.4) is 0 Å². The van der Waals surface area contributed by atoms with Gasteiger partial charge in [-0.15, -0.1) is 0 Å². The van der Waals surface area contributed by atoms with Crippen LogP contribution >= 0.6 is 0 Å². The molecule has 0 saturated carbocycles. The van der Waals surface area contributed by atoms with Crippen molar-refractivity contribution < 1.29 is 14.0 Å². The van der Waals surface area contributed by atoms with E-state index in [9.17, 15) is 14.0 Å². The summed E-state index contributed by atoms with van der Waals surface area (Å²) < 4.78 is 13.3. The molecule has 112 valence electrons. The van der Waals surface area contributed by atoms with E-state index in [2.05, 4.69) is 0 Å².